The van der Waals surface area contributed by atoms with Crippen molar-refractivity contribution in [1.29, 1.82) is 0 Å². The molecule has 2 aromatic rings. The highest BCUT2D eigenvalue weighted by Gasteiger charge is 2.16. The van der Waals surface area contributed by atoms with Gasteiger partial charge in [-0.1, -0.05) is 17.7 Å². The fourth-order valence-electron chi connectivity index (χ4n) is 2.31. The number of halogens is 1. The topological polar surface area (TPSA) is 44.5 Å². The van der Waals surface area contributed by atoms with E-state index in [0.29, 0.717) is 18.4 Å². The summed E-state index contributed by atoms with van der Waals surface area (Å²) in [6.07, 6.45) is 0. The second kappa shape index (κ2) is 6.18. The Morgan fingerprint density at radius 1 is 1.33 bits per heavy atom. The van der Waals surface area contributed by atoms with Crippen LogP contribution in [0.2, 0.25) is 5.02 Å². The molecule has 0 bridgehead atoms. The molecule has 0 atom stereocenters. The predicted octanol–water partition coefficient (Wildman–Crippen LogP) is 4.39. The lowest BCUT2D eigenvalue weighted by Gasteiger charge is -2.21. The van der Waals surface area contributed by atoms with Gasteiger partial charge in [-0.3, -0.25) is 0 Å². The molecule has 0 aliphatic carbocycles. The maximum atomic E-state index is 6.18. The smallest absolute Gasteiger partial charge is 0.189 e. The van der Waals surface area contributed by atoms with Gasteiger partial charge in [0, 0.05) is 32.5 Å². The van der Waals surface area contributed by atoms with Gasteiger partial charge in [-0.05, 0) is 36.8 Å². The first-order valence-corrected chi connectivity index (χ1v) is 8.01. The molecule has 21 heavy (non-hydrogen) atoms. The highest BCUT2D eigenvalue weighted by molar-refractivity contribution is 7.98. The van der Waals surface area contributed by atoms with Crippen LogP contribution in [0.15, 0.2) is 35.2 Å². The second-order valence-corrected chi connectivity index (χ2v) is 6.38. The molecule has 3 nitrogen and oxygen atoms in total. The zero-order chi connectivity index (χ0) is 14.8. The number of ether oxygens (including phenoxy) is 2. The number of anilines is 1. The zero-order valence-electron chi connectivity index (χ0n) is 11.7. The highest BCUT2D eigenvalue weighted by Crippen LogP contribution is 2.36. The molecular formula is C16H16ClNO2S. The van der Waals surface area contributed by atoms with Crippen LogP contribution in [0.4, 0.5) is 5.69 Å². The van der Waals surface area contributed by atoms with Crippen LogP contribution in [0.3, 0.4) is 0 Å². The Balaban J connectivity index is 1.85. The highest BCUT2D eigenvalue weighted by atomic mass is 35.5. The molecule has 0 amide bonds. The predicted molar refractivity (Wildman–Crippen MR) is 86.9 cm³/mol. The maximum Gasteiger partial charge on any atom is 0.189 e. The van der Waals surface area contributed by atoms with Gasteiger partial charge in [0.1, 0.15) is 5.75 Å². The van der Waals surface area contributed by atoms with Gasteiger partial charge in [0.25, 0.3) is 0 Å². The minimum Gasteiger partial charge on any atom is -0.467 e. The minimum atomic E-state index is 0.295. The summed E-state index contributed by atoms with van der Waals surface area (Å²) < 4.78 is 10.9. The van der Waals surface area contributed by atoms with E-state index in [-0.39, 0.29) is 0 Å². The molecule has 1 aliphatic rings. The average molecular weight is 322 g/mol. The molecule has 0 radical (unpaired) electrons. The summed E-state index contributed by atoms with van der Waals surface area (Å²) in [5.41, 5.74) is 9.98. The van der Waals surface area contributed by atoms with Crippen molar-refractivity contribution in [3.63, 3.8) is 0 Å². The molecule has 3 rings (SSSR count). The molecule has 1 aliphatic heterocycles. The van der Waals surface area contributed by atoms with Crippen LogP contribution in [0.1, 0.15) is 16.7 Å². The van der Waals surface area contributed by atoms with E-state index in [1.165, 1.54) is 4.90 Å². The summed E-state index contributed by atoms with van der Waals surface area (Å²) in [5.74, 6) is 1.69. The quantitative estimate of drug-likeness (QED) is 0.672. The van der Waals surface area contributed by atoms with Crippen LogP contribution in [0.25, 0.3) is 0 Å². The number of hydrogen-bond donors (Lipinski definition) is 1. The third-order valence-electron chi connectivity index (χ3n) is 3.46. The number of rotatable bonds is 3. The Bertz CT molecular complexity index is 676. The lowest BCUT2D eigenvalue weighted by Crippen LogP contribution is -2.12. The van der Waals surface area contributed by atoms with E-state index in [2.05, 4.69) is 6.07 Å². The van der Waals surface area contributed by atoms with Gasteiger partial charge >= 0.3 is 0 Å². The molecule has 0 unspecified atom stereocenters. The van der Waals surface area contributed by atoms with Crippen LogP contribution < -0.4 is 10.5 Å². The zero-order valence-corrected chi connectivity index (χ0v) is 13.3. The largest absolute Gasteiger partial charge is 0.467 e. The first-order valence-electron chi connectivity index (χ1n) is 6.65. The number of benzene rings is 2. The molecule has 2 aromatic carbocycles. The molecule has 0 fully saturated rings. The van der Waals surface area contributed by atoms with Crippen molar-refractivity contribution in [2.45, 2.75) is 24.2 Å². The van der Waals surface area contributed by atoms with E-state index in [9.17, 15) is 0 Å². The van der Waals surface area contributed by atoms with Crippen molar-refractivity contribution in [3.8, 4) is 5.75 Å². The van der Waals surface area contributed by atoms with Crippen LogP contribution in [0, 0.1) is 6.92 Å². The van der Waals surface area contributed by atoms with Gasteiger partial charge < -0.3 is 15.2 Å². The van der Waals surface area contributed by atoms with Gasteiger partial charge in [0.05, 0.1) is 6.61 Å². The minimum absolute atomic E-state index is 0.295. The lowest BCUT2D eigenvalue weighted by atomic mass is 10.1. The van der Waals surface area contributed by atoms with Crippen molar-refractivity contribution >= 4 is 29.1 Å². The first-order chi connectivity index (χ1) is 10.1. The van der Waals surface area contributed by atoms with Crippen molar-refractivity contribution in [1.82, 2.24) is 0 Å². The fourth-order valence-corrected chi connectivity index (χ4v) is 3.61. The third-order valence-corrected chi connectivity index (χ3v) is 4.89. The van der Waals surface area contributed by atoms with E-state index < -0.39 is 0 Å². The van der Waals surface area contributed by atoms with E-state index in [0.717, 1.165) is 33.9 Å². The number of nitrogen functional groups attached to an aromatic ring is 1. The number of hydrogen-bond acceptors (Lipinski definition) is 4. The Hall–Kier alpha value is -1.36. The standard InChI is InChI=1S/C16H16ClNO2S/c1-10-14(18)3-2-4-15(10)21-8-12-6-13(17)5-11-7-19-9-20-16(11)12/h2-6H,7-9,18H2,1H3. The fraction of sp³-hybridized carbons (Fsp3) is 0.250. The van der Waals surface area contributed by atoms with Crippen LogP contribution in [-0.4, -0.2) is 6.79 Å². The Kier molecular flexibility index (Phi) is 4.29. The SMILES string of the molecule is Cc1c(N)cccc1SCc1cc(Cl)cc2c1OCOC2. The molecule has 5 heteroatoms. The summed E-state index contributed by atoms with van der Waals surface area (Å²) in [6.45, 7) is 2.88. The molecule has 110 valence electrons. The van der Waals surface area contributed by atoms with Gasteiger partial charge in [-0.2, -0.15) is 0 Å². The van der Waals surface area contributed by atoms with E-state index in [1.807, 2.05) is 31.2 Å². The Morgan fingerprint density at radius 2 is 2.19 bits per heavy atom. The summed E-state index contributed by atoms with van der Waals surface area (Å²) in [5, 5.41) is 0.711. The van der Waals surface area contributed by atoms with Gasteiger partial charge in [-0.15, -0.1) is 11.8 Å². The molecule has 0 spiro atoms. The lowest BCUT2D eigenvalue weighted by molar-refractivity contribution is -0.0168. The monoisotopic (exact) mass is 321 g/mol. The number of thioether (sulfide) groups is 1. The van der Waals surface area contributed by atoms with Crippen LogP contribution in [-0.2, 0) is 17.1 Å². The summed E-state index contributed by atoms with van der Waals surface area (Å²) in [6, 6.07) is 9.83. The Morgan fingerprint density at radius 3 is 3.05 bits per heavy atom. The number of fused-ring (bicyclic) bond motifs is 1. The van der Waals surface area contributed by atoms with Crippen molar-refractivity contribution in [2.75, 3.05) is 12.5 Å². The Labute approximate surface area is 133 Å². The van der Waals surface area contributed by atoms with E-state index >= 15 is 0 Å². The van der Waals surface area contributed by atoms with E-state index in [1.54, 1.807) is 11.8 Å². The van der Waals surface area contributed by atoms with Crippen LogP contribution in [0.5, 0.6) is 5.75 Å². The van der Waals surface area contributed by atoms with Crippen molar-refractivity contribution in [2.24, 2.45) is 0 Å². The third kappa shape index (κ3) is 3.12. The maximum absolute atomic E-state index is 6.18. The molecule has 0 saturated heterocycles. The second-order valence-electron chi connectivity index (χ2n) is 4.92. The van der Waals surface area contributed by atoms with Gasteiger partial charge in [0.15, 0.2) is 6.79 Å². The van der Waals surface area contributed by atoms with Crippen molar-refractivity contribution in [3.05, 3.63) is 52.0 Å². The molecule has 0 aromatic heterocycles. The van der Waals surface area contributed by atoms with Crippen molar-refractivity contribution < 1.29 is 9.47 Å². The molecule has 1 heterocycles. The molecule has 2 N–H and O–H groups in total. The van der Waals surface area contributed by atoms with Gasteiger partial charge in [-0.25, -0.2) is 0 Å². The van der Waals surface area contributed by atoms with Crippen LogP contribution >= 0.6 is 23.4 Å². The summed E-state index contributed by atoms with van der Waals surface area (Å²) >= 11 is 7.92. The number of nitrogens with two attached hydrogens (primary N) is 1. The van der Waals surface area contributed by atoms with E-state index in [4.69, 9.17) is 26.8 Å². The molecule has 0 saturated carbocycles. The van der Waals surface area contributed by atoms with Gasteiger partial charge in [0.2, 0.25) is 0 Å². The average Bonchev–Trinajstić information content (AvgIpc) is 2.48. The summed E-state index contributed by atoms with van der Waals surface area (Å²) in [4.78, 5) is 1.18. The summed E-state index contributed by atoms with van der Waals surface area (Å²) in [7, 11) is 0. The first kappa shape index (κ1) is 14.6. The normalized spacial score (nSPS) is 13.6. The molecular weight excluding hydrogens is 306 g/mol.